The number of hydrogen-bond acceptors (Lipinski definition) is 2. The molecule has 0 radical (unpaired) electrons. The molecule has 0 aliphatic carbocycles. The average Bonchev–Trinajstić information content (AvgIpc) is 3.09. The summed E-state index contributed by atoms with van der Waals surface area (Å²) >= 11 is 0. The minimum Gasteiger partial charge on any atom is -0.322 e. The molecule has 0 bridgehead atoms. The normalized spacial score (nSPS) is 11.6. The second-order valence-electron chi connectivity index (χ2n) is 6.24. The van der Waals surface area contributed by atoms with E-state index in [1.54, 1.807) is 18.2 Å². The van der Waals surface area contributed by atoms with Gasteiger partial charge in [-0.05, 0) is 48.5 Å². The van der Waals surface area contributed by atoms with Crippen molar-refractivity contribution < 1.29 is 22.4 Å². The van der Waals surface area contributed by atoms with Crippen molar-refractivity contribution in [3.8, 4) is 5.69 Å². The largest absolute Gasteiger partial charge is 0.450 e. The van der Waals surface area contributed by atoms with E-state index in [-0.39, 0.29) is 16.8 Å². The summed E-state index contributed by atoms with van der Waals surface area (Å²) in [6.45, 7) is 0. The number of alkyl halides is 3. The van der Waals surface area contributed by atoms with Crippen molar-refractivity contribution in [3.05, 3.63) is 90.0 Å². The van der Waals surface area contributed by atoms with Crippen molar-refractivity contribution in [2.45, 2.75) is 6.18 Å². The summed E-state index contributed by atoms with van der Waals surface area (Å²) in [6.07, 6.45) is -4.64. The Morgan fingerprint density at radius 1 is 0.897 bits per heavy atom. The molecule has 1 amide bonds. The number of anilines is 1. The molecule has 0 aliphatic rings. The first-order valence-electron chi connectivity index (χ1n) is 8.55. The van der Waals surface area contributed by atoms with Crippen molar-refractivity contribution in [2.24, 2.45) is 0 Å². The van der Waals surface area contributed by atoms with Gasteiger partial charge in [0.2, 0.25) is 5.82 Å². The van der Waals surface area contributed by atoms with Gasteiger partial charge in [-0.15, -0.1) is 0 Å². The van der Waals surface area contributed by atoms with E-state index >= 15 is 0 Å². The SMILES string of the molecule is O=C(Nc1ccc(-n2c(C(F)(F)F)nc3ccccc32)cc1)c1ccccc1F. The van der Waals surface area contributed by atoms with Gasteiger partial charge in [0.05, 0.1) is 16.6 Å². The van der Waals surface area contributed by atoms with Crippen LogP contribution in [0.4, 0.5) is 23.2 Å². The van der Waals surface area contributed by atoms with E-state index in [0.717, 1.165) is 4.57 Å². The summed E-state index contributed by atoms with van der Waals surface area (Å²) in [5.74, 6) is -2.36. The maximum absolute atomic E-state index is 13.7. The summed E-state index contributed by atoms with van der Waals surface area (Å²) in [7, 11) is 0. The predicted octanol–water partition coefficient (Wildman–Crippen LogP) is 5.44. The first-order chi connectivity index (χ1) is 13.8. The predicted molar refractivity (Wildman–Crippen MR) is 100 cm³/mol. The smallest absolute Gasteiger partial charge is 0.322 e. The van der Waals surface area contributed by atoms with Crippen LogP contribution in [-0.2, 0) is 6.18 Å². The summed E-state index contributed by atoms with van der Waals surface area (Å²) in [5, 5.41) is 2.53. The van der Waals surface area contributed by atoms with E-state index in [1.165, 1.54) is 54.6 Å². The van der Waals surface area contributed by atoms with E-state index in [9.17, 15) is 22.4 Å². The average molecular weight is 399 g/mol. The molecule has 4 rings (SSSR count). The Bertz CT molecular complexity index is 1200. The Balaban J connectivity index is 1.69. The number of benzene rings is 3. The molecule has 0 saturated carbocycles. The zero-order valence-electron chi connectivity index (χ0n) is 14.7. The molecule has 0 aliphatic heterocycles. The van der Waals surface area contributed by atoms with E-state index in [1.807, 2.05) is 0 Å². The molecule has 8 heteroatoms. The van der Waals surface area contributed by atoms with Crippen molar-refractivity contribution >= 4 is 22.6 Å². The van der Waals surface area contributed by atoms with Crippen molar-refractivity contribution in [3.63, 3.8) is 0 Å². The number of nitrogens with zero attached hydrogens (tertiary/aromatic N) is 2. The van der Waals surface area contributed by atoms with E-state index in [4.69, 9.17) is 0 Å². The monoisotopic (exact) mass is 399 g/mol. The van der Waals surface area contributed by atoms with Crippen LogP contribution in [0.2, 0.25) is 0 Å². The molecule has 1 aromatic heterocycles. The van der Waals surface area contributed by atoms with Gasteiger partial charge in [-0.3, -0.25) is 9.36 Å². The highest BCUT2D eigenvalue weighted by Gasteiger charge is 2.38. The summed E-state index contributed by atoms with van der Waals surface area (Å²) in [6, 6.07) is 17.6. The van der Waals surface area contributed by atoms with E-state index in [2.05, 4.69) is 10.3 Å². The van der Waals surface area contributed by atoms with Gasteiger partial charge in [0.1, 0.15) is 5.82 Å². The molecule has 3 aromatic carbocycles. The maximum Gasteiger partial charge on any atom is 0.450 e. The fraction of sp³-hybridized carbons (Fsp3) is 0.0476. The van der Waals surface area contributed by atoms with Gasteiger partial charge in [-0.25, -0.2) is 9.37 Å². The van der Waals surface area contributed by atoms with Crippen LogP contribution < -0.4 is 5.32 Å². The van der Waals surface area contributed by atoms with Crippen LogP contribution in [0.3, 0.4) is 0 Å². The van der Waals surface area contributed by atoms with Crippen LogP contribution in [-0.4, -0.2) is 15.5 Å². The molecular weight excluding hydrogens is 386 g/mol. The number of amides is 1. The summed E-state index contributed by atoms with van der Waals surface area (Å²) in [4.78, 5) is 15.9. The Morgan fingerprint density at radius 2 is 1.55 bits per heavy atom. The van der Waals surface area contributed by atoms with Crippen LogP contribution >= 0.6 is 0 Å². The number of carbonyl (C=O) groups excluding carboxylic acids is 1. The fourth-order valence-electron chi connectivity index (χ4n) is 3.02. The molecule has 146 valence electrons. The third-order valence-corrected chi connectivity index (χ3v) is 4.32. The number of halogens is 4. The van der Waals surface area contributed by atoms with Gasteiger partial charge in [-0.1, -0.05) is 24.3 Å². The van der Waals surface area contributed by atoms with Crippen molar-refractivity contribution in [1.82, 2.24) is 9.55 Å². The molecule has 4 aromatic rings. The Morgan fingerprint density at radius 3 is 2.24 bits per heavy atom. The molecule has 0 saturated heterocycles. The lowest BCUT2D eigenvalue weighted by Gasteiger charge is -2.12. The molecule has 1 N–H and O–H groups in total. The van der Waals surface area contributed by atoms with E-state index < -0.39 is 23.7 Å². The van der Waals surface area contributed by atoms with Gasteiger partial charge in [0, 0.05) is 11.4 Å². The topological polar surface area (TPSA) is 46.9 Å². The highest BCUT2D eigenvalue weighted by atomic mass is 19.4. The van der Waals surface area contributed by atoms with E-state index in [0.29, 0.717) is 11.2 Å². The number of aromatic nitrogens is 2. The zero-order chi connectivity index (χ0) is 20.6. The lowest BCUT2D eigenvalue weighted by molar-refractivity contribution is -0.145. The molecule has 4 nitrogen and oxygen atoms in total. The minimum atomic E-state index is -4.64. The van der Waals surface area contributed by atoms with Crippen LogP contribution in [0.15, 0.2) is 72.8 Å². The third-order valence-electron chi connectivity index (χ3n) is 4.32. The molecule has 1 heterocycles. The number of imidazole rings is 1. The summed E-state index contributed by atoms with van der Waals surface area (Å²) < 4.78 is 55.2. The molecular formula is C21H13F4N3O. The van der Waals surface area contributed by atoms with Gasteiger partial charge in [0.25, 0.3) is 5.91 Å². The zero-order valence-corrected chi connectivity index (χ0v) is 14.7. The second kappa shape index (κ2) is 7.05. The van der Waals surface area contributed by atoms with Crippen molar-refractivity contribution in [1.29, 1.82) is 0 Å². The number of rotatable bonds is 3. The molecule has 0 spiro atoms. The van der Waals surface area contributed by atoms with Crippen LogP contribution in [0.5, 0.6) is 0 Å². The number of nitrogens with one attached hydrogen (secondary N) is 1. The first-order valence-corrected chi connectivity index (χ1v) is 8.55. The molecule has 0 fully saturated rings. The molecule has 0 unspecified atom stereocenters. The Hall–Kier alpha value is -3.68. The van der Waals surface area contributed by atoms with Crippen LogP contribution in [0.25, 0.3) is 16.7 Å². The first kappa shape index (κ1) is 18.7. The summed E-state index contributed by atoms with van der Waals surface area (Å²) in [5.41, 5.74) is 0.950. The lowest BCUT2D eigenvalue weighted by atomic mass is 10.2. The third kappa shape index (κ3) is 3.56. The van der Waals surface area contributed by atoms with Gasteiger partial charge in [-0.2, -0.15) is 13.2 Å². The highest BCUT2D eigenvalue weighted by Crippen LogP contribution is 2.34. The highest BCUT2D eigenvalue weighted by molar-refractivity contribution is 6.04. The molecule has 29 heavy (non-hydrogen) atoms. The number of hydrogen-bond donors (Lipinski definition) is 1. The quantitative estimate of drug-likeness (QED) is 0.467. The Kier molecular flexibility index (Phi) is 4.54. The Labute approximate surface area is 162 Å². The van der Waals surface area contributed by atoms with Gasteiger partial charge in [0.15, 0.2) is 0 Å². The second-order valence-corrected chi connectivity index (χ2v) is 6.24. The van der Waals surface area contributed by atoms with Gasteiger partial charge < -0.3 is 5.32 Å². The number of carbonyl (C=O) groups is 1. The number of fused-ring (bicyclic) bond motifs is 1. The standard InChI is InChI=1S/C21H13F4N3O/c22-16-6-2-1-5-15(16)19(29)26-13-9-11-14(12-10-13)28-18-8-4-3-7-17(18)27-20(28)21(23,24)25/h1-12H,(H,26,29). The lowest BCUT2D eigenvalue weighted by Crippen LogP contribution is -2.15. The van der Waals surface area contributed by atoms with Crippen LogP contribution in [0, 0.1) is 5.82 Å². The fourth-order valence-corrected chi connectivity index (χ4v) is 3.02. The minimum absolute atomic E-state index is 0.128. The maximum atomic E-state index is 13.7. The van der Waals surface area contributed by atoms with Crippen molar-refractivity contribution in [2.75, 3.05) is 5.32 Å². The van der Waals surface area contributed by atoms with Gasteiger partial charge >= 0.3 is 6.18 Å². The van der Waals surface area contributed by atoms with Crippen LogP contribution in [0.1, 0.15) is 16.2 Å². The molecule has 0 atom stereocenters. The number of para-hydroxylation sites is 2.